The summed E-state index contributed by atoms with van der Waals surface area (Å²) in [5.74, 6) is -0.0448. The van der Waals surface area contributed by atoms with Gasteiger partial charge in [0.2, 0.25) is 0 Å². The van der Waals surface area contributed by atoms with Gasteiger partial charge in [0.15, 0.2) is 18.1 Å². The molecule has 2 aromatic carbocycles. The highest BCUT2D eigenvalue weighted by Gasteiger charge is 2.12. The zero-order valence-corrected chi connectivity index (χ0v) is 16.5. The van der Waals surface area contributed by atoms with Crippen LogP contribution in [0.25, 0.3) is 6.08 Å². The van der Waals surface area contributed by atoms with Crippen LogP contribution in [0.4, 0.5) is 11.4 Å². The van der Waals surface area contributed by atoms with Gasteiger partial charge in [-0.25, -0.2) is 4.79 Å². The van der Waals surface area contributed by atoms with Gasteiger partial charge in [0, 0.05) is 35.5 Å². The van der Waals surface area contributed by atoms with Gasteiger partial charge in [-0.2, -0.15) is 0 Å². The summed E-state index contributed by atoms with van der Waals surface area (Å²) >= 11 is 0. The number of rotatable bonds is 9. The molecular weight excluding hydrogens is 396 g/mol. The minimum atomic E-state index is -0.763. The molecular formula is C20H20N2O8. The van der Waals surface area contributed by atoms with Crippen LogP contribution in [-0.4, -0.2) is 44.7 Å². The predicted molar refractivity (Wildman–Crippen MR) is 108 cm³/mol. The number of carbonyl (C=O) groups is 2. The normalized spacial score (nSPS) is 10.4. The summed E-state index contributed by atoms with van der Waals surface area (Å²) in [4.78, 5) is 34.0. The fourth-order valence-electron chi connectivity index (χ4n) is 2.42. The summed E-state index contributed by atoms with van der Waals surface area (Å²) in [7, 11) is 4.43. The molecule has 0 radical (unpaired) electrons. The van der Waals surface area contributed by atoms with Crippen LogP contribution in [0, 0.1) is 10.1 Å². The number of hydrogen-bond acceptors (Lipinski definition) is 8. The van der Waals surface area contributed by atoms with Crippen molar-refractivity contribution in [3.63, 3.8) is 0 Å². The molecule has 0 atom stereocenters. The van der Waals surface area contributed by atoms with Crippen LogP contribution >= 0.6 is 0 Å². The van der Waals surface area contributed by atoms with E-state index in [1.165, 1.54) is 51.7 Å². The summed E-state index contributed by atoms with van der Waals surface area (Å²) in [6.07, 6.45) is 2.58. The number of nitro benzene ring substituents is 1. The van der Waals surface area contributed by atoms with Crippen LogP contribution in [0.2, 0.25) is 0 Å². The van der Waals surface area contributed by atoms with Crippen LogP contribution in [0.1, 0.15) is 5.56 Å². The second-order valence-corrected chi connectivity index (χ2v) is 5.75. The molecule has 0 saturated carbocycles. The third kappa shape index (κ3) is 5.96. The van der Waals surface area contributed by atoms with Crippen molar-refractivity contribution >= 4 is 29.3 Å². The van der Waals surface area contributed by atoms with Gasteiger partial charge in [-0.15, -0.1) is 0 Å². The van der Waals surface area contributed by atoms with Crippen molar-refractivity contribution in [2.75, 3.05) is 33.3 Å². The highest BCUT2D eigenvalue weighted by molar-refractivity contribution is 5.95. The number of esters is 1. The highest BCUT2D eigenvalue weighted by Crippen LogP contribution is 2.35. The lowest BCUT2D eigenvalue weighted by molar-refractivity contribution is -0.384. The molecule has 158 valence electrons. The Hall–Kier alpha value is -4.08. The molecule has 0 saturated heterocycles. The van der Waals surface area contributed by atoms with Crippen molar-refractivity contribution in [1.29, 1.82) is 0 Å². The van der Waals surface area contributed by atoms with Crippen molar-refractivity contribution in [1.82, 2.24) is 0 Å². The van der Waals surface area contributed by atoms with Gasteiger partial charge in [-0.1, -0.05) is 6.07 Å². The molecule has 0 fully saturated rings. The first-order valence-corrected chi connectivity index (χ1v) is 8.57. The number of hydrogen-bond donors (Lipinski definition) is 1. The van der Waals surface area contributed by atoms with Gasteiger partial charge >= 0.3 is 5.97 Å². The molecule has 1 N–H and O–H groups in total. The maximum Gasteiger partial charge on any atom is 0.331 e. The summed E-state index contributed by atoms with van der Waals surface area (Å²) in [5, 5.41) is 13.2. The van der Waals surface area contributed by atoms with E-state index in [9.17, 15) is 19.7 Å². The van der Waals surface area contributed by atoms with E-state index in [0.29, 0.717) is 22.8 Å². The molecule has 10 heteroatoms. The number of anilines is 1. The zero-order valence-electron chi connectivity index (χ0n) is 16.5. The maximum atomic E-state index is 11.9. The maximum absolute atomic E-state index is 11.9. The molecule has 10 nitrogen and oxygen atoms in total. The van der Waals surface area contributed by atoms with Gasteiger partial charge < -0.3 is 24.3 Å². The lowest BCUT2D eigenvalue weighted by atomic mass is 10.1. The minimum absolute atomic E-state index is 0.170. The molecule has 0 unspecified atom stereocenters. The lowest BCUT2D eigenvalue weighted by Crippen LogP contribution is -2.20. The second-order valence-electron chi connectivity index (χ2n) is 5.75. The number of carbonyl (C=O) groups excluding carboxylic acids is 2. The van der Waals surface area contributed by atoms with Gasteiger partial charge in [-0.05, 0) is 18.2 Å². The van der Waals surface area contributed by atoms with E-state index in [-0.39, 0.29) is 11.4 Å². The van der Waals surface area contributed by atoms with Crippen LogP contribution in [0.15, 0.2) is 42.5 Å². The van der Waals surface area contributed by atoms with Crippen molar-refractivity contribution in [2.45, 2.75) is 0 Å². The topological polar surface area (TPSA) is 126 Å². The Labute approximate surface area is 172 Å². The van der Waals surface area contributed by atoms with Gasteiger partial charge in [0.25, 0.3) is 11.6 Å². The number of nitro groups is 1. The molecule has 1 amide bonds. The number of amides is 1. The molecule has 0 aliphatic rings. The number of methoxy groups -OCH3 is 3. The van der Waals surface area contributed by atoms with E-state index < -0.39 is 23.4 Å². The Morgan fingerprint density at radius 1 is 1.03 bits per heavy atom. The molecule has 0 aromatic heterocycles. The standard InChI is InChI=1S/C20H20N2O8/c1-27-16-11-18(29-3)17(28-2)9-13(16)7-8-20(24)30-12-19(23)21-14-5-4-6-15(10-14)22(25)26/h4-11H,12H2,1-3H3,(H,21,23)/b8-7+. The first-order chi connectivity index (χ1) is 14.4. The summed E-state index contributed by atoms with van der Waals surface area (Å²) in [6.45, 7) is -0.561. The van der Waals surface area contributed by atoms with E-state index in [2.05, 4.69) is 5.32 Å². The highest BCUT2D eigenvalue weighted by atomic mass is 16.6. The minimum Gasteiger partial charge on any atom is -0.496 e. The van der Waals surface area contributed by atoms with Crippen LogP contribution in [0.5, 0.6) is 17.2 Å². The van der Waals surface area contributed by atoms with Gasteiger partial charge in [-0.3, -0.25) is 14.9 Å². The first kappa shape index (κ1) is 22.2. The van der Waals surface area contributed by atoms with Crippen LogP contribution < -0.4 is 19.5 Å². The molecule has 0 heterocycles. The number of nitrogens with zero attached hydrogens (tertiary/aromatic N) is 1. The Morgan fingerprint density at radius 2 is 1.70 bits per heavy atom. The lowest BCUT2D eigenvalue weighted by Gasteiger charge is -2.12. The molecule has 0 aliphatic heterocycles. The molecule has 30 heavy (non-hydrogen) atoms. The zero-order chi connectivity index (χ0) is 22.1. The molecule has 0 bridgehead atoms. The van der Waals surface area contributed by atoms with E-state index >= 15 is 0 Å². The summed E-state index contributed by atoms with van der Waals surface area (Å²) in [5.41, 5.74) is 0.584. The Morgan fingerprint density at radius 3 is 2.33 bits per heavy atom. The van der Waals surface area contributed by atoms with Crippen LogP contribution in [0.3, 0.4) is 0 Å². The number of benzene rings is 2. The van der Waals surface area contributed by atoms with E-state index in [0.717, 1.165) is 6.08 Å². The fraction of sp³-hybridized carbons (Fsp3) is 0.200. The largest absolute Gasteiger partial charge is 0.496 e. The van der Waals surface area contributed by atoms with Crippen molar-refractivity contribution < 1.29 is 33.5 Å². The first-order valence-electron chi connectivity index (χ1n) is 8.57. The number of non-ortho nitro benzene ring substituents is 1. The third-order valence-corrected chi connectivity index (χ3v) is 3.82. The smallest absolute Gasteiger partial charge is 0.331 e. The fourth-order valence-corrected chi connectivity index (χ4v) is 2.42. The quantitative estimate of drug-likeness (QED) is 0.286. The van der Waals surface area contributed by atoms with Crippen LogP contribution in [-0.2, 0) is 14.3 Å². The van der Waals surface area contributed by atoms with E-state index in [4.69, 9.17) is 18.9 Å². The predicted octanol–water partition coefficient (Wildman–Crippen LogP) is 2.82. The third-order valence-electron chi connectivity index (χ3n) is 3.82. The van der Waals surface area contributed by atoms with Crippen molar-refractivity contribution in [3.05, 3.63) is 58.2 Å². The Kier molecular flexibility index (Phi) is 7.74. The summed E-state index contributed by atoms with van der Waals surface area (Å²) in [6, 6.07) is 8.63. The van der Waals surface area contributed by atoms with Crippen molar-refractivity contribution in [2.24, 2.45) is 0 Å². The van der Waals surface area contributed by atoms with Gasteiger partial charge in [0.05, 0.1) is 26.3 Å². The average molecular weight is 416 g/mol. The Bertz CT molecular complexity index is 971. The monoisotopic (exact) mass is 416 g/mol. The SMILES string of the molecule is COc1cc(OC)c(OC)cc1/C=C/C(=O)OCC(=O)Nc1cccc([N+](=O)[O-])c1. The molecule has 0 spiro atoms. The van der Waals surface area contributed by atoms with Gasteiger partial charge in [0.1, 0.15) is 5.75 Å². The van der Waals surface area contributed by atoms with E-state index in [1.807, 2.05) is 0 Å². The second kappa shape index (κ2) is 10.5. The molecule has 2 aromatic rings. The summed E-state index contributed by atoms with van der Waals surface area (Å²) < 4.78 is 20.5. The average Bonchev–Trinajstić information content (AvgIpc) is 2.75. The van der Waals surface area contributed by atoms with Crippen molar-refractivity contribution in [3.8, 4) is 17.2 Å². The Balaban J connectivity index is 1.97. The molecule has 0 aliphatic carbocycles. The number of ether oxygens (including phenoxy) is 4. The molecule has 2 rings (SSSR count). The van der Waals surface area contributed by atoms with E-state index in [1.54, 1.807) is 12.1 Å². The number of nitrogens with one attached hydrogen (secondary N) is 1.